The molecule has 8 nitrogen and oxygen atoms in total. The standard InChI is InChI=1S/C12H16ClN7O/c1-3-19(4-2)9(21)8-14-11-16-10(13)17-12(18-11)20-7-5-6-15-20/h5-7H,3-4,8H2,1-2H3,(H,14,16,17,18). The van der Waals surface area contributed by atoms with Gasteiger partial charge in [-0.2, -0.15) is 20.1 Å². The molecule has 0 atom stereocenters. The van der Waals surface area contributed by atoms with Gasteiger partial charge in [-0.1, -0.05) is 0 Å². The summed E-state index contributed by atoms with van der Waals surface area (Å²) in [5.41, 5.74) is 0. The molecular weight excluding hydrogens is 294 g/mol. The molecule has 0 aromatic carbocycles. The zero-order valence-electron chi connectivity index (χ0n) is 11.8. The zero-order valence-corrected chi connectivity index (χ0v) is 12.6. The Morgan fingerprint density at radius 1 is 1.33 bits per heavy atom. The van der Waals surface area contributed by atoms with Crippen molar-refractivity contribution < 1.29 is 4.79 Å². The number of anilines is 1. The minimum absolute atomic E-state index is 0.0304. The van der Waals surface area contributed by atoms with Gasteiger partial charge in [-0.05, 0) is 31.5 Å². The first-order chi connectivity index (χ1) is 10.1. The van der Waals surface area contributed by atoms with E-state index in [-0.39, 0.29) is 29.6 Å². The molecule has 1 amide bonds. The highest BCUT2D eigenvalue weighted by atomic mass is 35.5. The van der Waals surface area contributed by atoms with Gasteiger partial charge in [0.1, 0.15) is 0 Å². The molecule has 0 fully saturated rings. The second-order valence-electron chi connectivity index (χ2n) is 4.10. The third-order valence-electron chi connectivity index (χ3n) is 2.82. The van der Waals surface area contributed by atoms with E-state index in [4.69, 9.17) is 11.6 Å². The smallest absolute Gasteiger partial charge is 0.256 e. The van der Waals surface area contributed by atoms with Crippen molar-refractivity contribution in [3.05, 3.63) is 23.7 Å². The van der Waals surface area contributed by atoms with Gasteiger partial charge in [0.25, 0.3) is 5.95 Å². The lowest BCUT2D eigenvalue weighted by atomic mass is 10.4. The van der Waals surface area contributed by atoms with Crippen LogP contribution in [0.1, 0.15) is 13.8 Å². The molecule has 2 rings (SSSR count). The molecule has 0 saturated carbocycles. The van der Waals surface area contributed by atoms with Gasteiger partial charge in [0, 0.05) is 25.5 Å². The number of likely N-dealkylation sites (N-methyl/N-ethyl adjacent to an activating group) is 1. The first kappa shape index (κ1) is 15.2. The third kappa shape index (κ3) is 3.88. The van der Waals surface area contributed by atoms with E-state index < -0.39 is 0 Å². The summed E-state index contributed by atoms with van der Waals surface area (Å²) >= 11 is 5.86. The van der Waals surface area contributed by atoms with E-state index >= 15 is 0 Å². The molecule has 1 N–H and O–H groups in total. The summed E-state index contributed by atoms with van der Waals surface area (Å²) in [7, 11) is 0. The van der Waals surface area contributed by atoms with Gasteiger partial charge in [-0.25, -0.2) is 4.68 Å². The molecule has 0 radical (unpaired) electrons. The van der Waals surface area contributed by atoms with Crippen LogP contribution in [0.15, 0.2) is 18.5 Å². The van der Waals surface area contributed by atoms with Gasteiger partial charge in [0.15, 0.2) is 0 Å². The quantitative estimate of drug-likeness (QED) is 0.856. The summed E-state index contributed by atoms with van der Waals surface area (Å²) in [6.45, 7) is 5.27. The van der Waals surface area contributed by atoms with Crippen LogP contribution in [0, 0.1) is 0 Å². The van der Waals surface area contributed by atoms with E-state index in [1.807, 2.05) is 13.8 Å². The minimum atomic E-state index is -0.0304. The topological polar surface area (TPSA) is 88.8 Å². The Labute approximate surface area is 127 Å². The zero-order chi connectivity index (χ0) is 15.2. The molecule has 112 valence electrons. The second kappa shape index (κ2) is 6.98. The van der Waals surface area contributed by atoms with Crippen LogP contribution < -0.4 is 5.32 Å². The number of aromatic nitrogens is 5. The molecule has 21 heavy (non-hydrogen) atoms. The maximum atomic E-state index is 11.9. The van der Waals surface area contributed by atoms with Gasteiger partial charge in [-0.15, -0.1) is 0 Å². The Morgan fingerprint density at radius 2 is 2.10 bits per heavy atom. The number of carbonyl (C=O) groups excluding carboxylic acids is 1. The van der Waals surface area contributed by atoms with Crippen molar-refractivity contribution in [3.63, 3.8) is 0 Å². The van der Waals surface area contributed by atoms with Crippen molar-refractivity contribution in [1.82, 2.24) is 29.6 Å². The minimum Gasteiger partial charge on any atom is -0.345 e. The number of amides is 1. The molecule has 2 aromatic rings. The predicted octanol–water partition coefficient (Wildman–Crippen LogP) is 0.991. The van der Waals surface area contributed by atoms with E-state index in [9.17, 15) is 4.79 Å². The van der Waals surface area contributed by atoms with Gasteiger partial charge >= 0.3 is 0 Å². The number of nitrogens with zero attached hydrogens (tertiary/aromatic N) is 6. The van der Waals surface area contributed by atoms with Crippen LogP contribution in [0.5, 0.6) is 0 Å². The molecule has 2 aromatic heterocycles. The van der Waals surface area contributed by atoms with Crippen LogP contribution in [-0.4, -0.2) is 55.2 Å². The third-order valence-corrected chi connectivity index (χ3v) is 2.99. The van der Waals surface area contributed by atoms with Crippen molar-refractivity contribution in [3.8, 4) is 5.95 Å². The van der Waals surface area contributed by atoms with Crippen LogP contribution in [0.2, 0.25) is 5.28 Å². The van der Waals surface area contributed by atoms with Crippen LogP contribution in [-0.2, 0) is 4.79 Å². The Bertz CT molecular complexity index is 598. The average molecular weight is 310 g/mol. The molecule has 9 heteroatoms. The number of halogens is 1. The van der Waals surface area contributed by atoms with Crippen molar-refractivity contribution >= 4 is 23.5 Å². The molecule has 0 bridgehead atoms. The first-order valence-electron chi connectivity index (χ1n) is 6.57. The summed E-state index contributed by atoms with van der Waals surface area (Å²) in [6, 6.07) is 1.74. The Kier molecular flexibility index (Phi) is 5.04. The van der Waals surface area contributed by atoms with Crippen molar-refractivity contribution in [2.75, 3.05) is 25.0 Å². The lowest BCUT2D eigenvalue weighted by molar-refractivity contribution is -0.128. The highest BCUT2D eigenvalue weighted by Crippen LogP contribution is 2.08. The maximum Gasteiger partial charge on any atom is 0.256 e. The van der Waals surface area contributed by atoms with E-state index in [0.717, 1.165) is 0 Å². The average Bonchev–Trinajstić information content (AvgIpc) is 3.00. The Morgan fingerprint density at radius 3 is 2.71 bits per heavy atom. The molecule has 0 aliphatic heterocycles. The number of nitrogens with one attached hydrogen (secondary N) is 1. The summed E-state index contributed by atoms with van der Waals surface area (Å²) in [4.78, 5) is 25.7. The monoisotopic (exact) mass is 309 g/mol. The molecule has 0 spiro atoms. The molecule has 2 heterocycles. The normalized spacial score (nSPS) is 10.4. The Hall–Kier alpha value is -2.22. The van der Waals surface area contributed by atoms with E-state index in [1.165, 1.54) is 4.68 Å². The van der Waals surface area contributed by atoms with Crippen molar-refractivity contribution in [2.45, 2.75) is 13.8 Å². The molecule has 0 aliphatic carbocycles. The number of hydrogen-bond donors (Lipinski definition) is 1. The van der Waals surface area contributed by atoms with Gasteiger partial charge < -0.3 is 10.2 Å². The number of carbonyl (C=O) groups is 1. The van der Waals surface area contributed by atoms with Crippen molar-refractivity contribution in [1.29, 1.82) is 0 Å². The predicted molar refractivity (Wildman–Crippen MR) is 78.4 cm³/mol. The summed E-state index contributed by atoms with van der Waals surface area (Å²) in [6.07, 6.45) is 3.30. The van der Waals surface area contributed by atoms with Crippen LogP contribution >= 0.6 is 11.6 Å². The van der Waals surface area contributed by atoms with Crippen LogP contribution in [0.25, 0.3) is 5.95 Å². The number of rotatable bonds is 6. The van der Waals surface area contributed by atoms with E-state index in [1.54, 1.807) is 23.4 Å². The lowest BCUT2D eigenvalue weighted by Gasteiger charge is -2.18. The maximum absolute atomic E-state index is 11.9. The molecule has 0 aliphatic rings. The largest absolute Gasteiger partial charge is 0.345 e. The van der Waals surface area contributed by atoms with Gasteiger partial charge in [0.05, 0.1) is 6.54 Å². The van der Waals surface area contributed by atoms with Crippen LogP contribution in [0.3, 0.4) is 0 Å². The fraction of sp³-hybridized carbons (Fsp3) is 0.417. The summed E-state index contributed by atoms with van der Waals surface area (Å²) < 4.78 is 1.46. The summed E-state index contributed by atoms with van der Waals surface area (Å²) in [5.74, 6) is 0.496. The highest BCUT2D eigenvalue weighted by Gasteiger charge is 2.11. The molecule has 0 saturated heterocycles. The number of hydrogen-bond acceptors (Lipinski definition) is 6. The van der Waals surface area contributed by atoms with Gasteiger partial charge in [0.2, 0.25) is 17.1 Å². The molecule has 0 unspecified atom stereocenters. The fourth-order valence-corrected chi connectivity index (χ4v) is 1.91. The second-order valence-corrected chi connectivity index (χ2v) is 4.44. The lowest BCUT2D eigenvalue weighted by Crippen LogP contribution is -2.35. The molecular formula is C12H16ClN7O. The first-order valence-corrected chi connectivity index (χ1v) is 6.95. The summed E-state index contributed by atoms with van der Waals surface area (Å²) in [5, 5.41) is 6.91. The highest BCUT2D eigenvalue weighted by molar-refractivity contribution is 6.28. The SMILES string of the molecule is CCN(CC)C(=O)CNc1nc(Cl)nc(-n2cccn2)n1. The van der Waals surface area contributed by atoms with Gasteiger partial charge in [-0.3, -0.25) is 4.79 Å². The Balaban J connectivity index is 2.09. The van der Waals surface area contributed by atoms with E-state index in [0.29, 0.717) is 13.1 Å². The van der Waals surface area contributed by atoms with Crippen molar-refractivity contribution in [2.24, 2.45) is 0 Å². The fourth-order valence-electron chi connectivity index (χ4n) is 1.75. The van der Waals surface area contributed by atoms with Crippen LogP contribution in [0.4, 0.5) is 5.95 Å². The van der Waals surface area contributed by atoms with E-state index in [2.05, 4.69) is 25.4 Å².